The molecule has 0 atom stereocenters. The van der Waals surface area contributed by atoms with E-state index in [4.69, 9.17) is 0 Å². The van der Waals surface area contributed by atoms with Crippen LogP contribution >= 0.6 is 22.6 Å². The normalized spacial score (nSPS) is 10.1. The zero-order valence-electron chi connectivity index (χ0n) is 7.87. The molecule has 2 heteroatoms. The van der Waals surface area contributed by atoms with Crippen molar-refractivity contribution in [1.82, 2.24) is 4.98 Å². The highest BCUT2D eigenvalue weighted by atomic mass is 127. The van der Waals surface area contributed by atoms with Crippen LogP contribution in [0.25, 0.3) is 11.1 Å². The highest BCUT2D eigenvalue weighted by Gasteiger charge is 2.01. The lowest BCUT2D eigenvalue weighted by Crippen LogP contribution is -1.84. The van der Waals surface area contributed by atoms with Crippen molar-refractivity contribution in [3.8, 4) is 11.1 Å². The summed E-state index contributed by atoms with van der Waals surface area (Å²) in [6.45, 7) is 2.11. The summed E-state index contributed by atoms with van der Waals surface area (Å²) in [7, 11) is 0. The third-order valence-electron chi connectivity index (χ3n) is 2.11. The van der Waals surface area contributed by atoms with Crippen molar-refractivity contribution in [1.29, 1.82) is 0 Å². The molecule has 0 aliphatic carbocycles. The summed E-state index contributed by atoms with van der Waals surface area (Å²) in [5.41, 5.74) is 3.80. The van der Waals surface area contributed by atoms with Crippen molar-refractivity contribution < 1.29 is 0 Å². The Morgan fingerprint density at radius 1 is 1.07 bits per heavy atom. The van der Waals surface area contributed by atoms with Crippen LogP contribution in [0.3, 0.4) is 0 Å². The molecule has 0 bridgehead atoms. The van der Waals surface area contributed by atoms with Gasteiger partial charge in [0.05, 0.1) is 0 Å². The summed E-state index contributed by atoms with van der Waals surface area (Å²) in [5, 5.41) is 0. The Morgan fingerprint density at radius 2 is 1.79 bits per heavy atom. The van der Waals surface area contributed by atoms with Crippen LogP contribution in [0.15, 0.2) is 42.7 Å². The van der Waals surface area contributed by atoms with E-state index in [1.54, 1.807) is 0 Å². The minimum Gasteiger partial charge on any atom is -0.265 e. The molecule has 2 rings (SSSR count). The van der Waals surface area contributed by atoms with Crippen molar-refractivity contribution in [3.63, 3.8) is 0 Å². The number of hydrogen-bond donors (Lipinski definition) is 0. The Kier molecular flexibility index (Phi) is 2.82. The fourth-order valence-electron chi connectivity index (χ4n) is 1.39. The van der Waals surface area contributed by atoms with E-state index in [1.165, 1.54) is 20.3 Å². The predicted molar refractivity (Wildman–Crippen MR) is 67.1 cm³/mol. The minimum atomic E-state index is 1.23. The van der Waals surface area contributed by atoms with E-state index in [-0.39, 0.29) is 0 Å². The van der Waals surface area contributed by atoms with Crippen LogP contribution < -0.4 is 0 Å². The van der Waals surface area contributed by atoms with Gasteiger partial charge in [0.2, 0.25) is 0 Å². The van der Waals surface area contributed by atoms with Gasteiger partial charge in [0, 0.05) is 16.0 Å². The van der Waals surface area contributed by atoms with Crippen LogP contribution in [-0.4, -0.2) is 4.98 Å². The third kappa shape index (κ3) is 1.95. The number of hydrogen-bond acceptors (Lipinski definition) is 1. The number of nitrogens with zero attached hydrogens (tertiary/aromatic N) is 1. The first-order valence-electron chi connectivity index (χ1n) is 4.44. The first kappa shape index (κ1) is 9.65. The topological polar surface area (TPSA) is 12.9 Å². The van der Waals surface area contributed by atoms with E-state index in [0.717, 1.165) is 0 Å². The second-order valence-corrected chi connectivity index (χ2v) is 4.38. The van der Waals surface area contributed by atoms with E-state index in [2.05, 4.69) is 52.7 Å². The van der Waals surface area contributed by atoms with Gasteiger partial charge in [-0.15, -0.1) is 0 Å². The van der Waals surface area contributed by atoms with E-state index in [0.29, 0.717) is 0 Å². The zero-order valence-corrected chi connectivity index (χ0v) is 10.0. The number of pyridine rings is 1. The maximum Gasteiger partial charge on any atom is 0.0273 e. The zero-order chi connectivity index (χ0) is 9.97. The summed E-state index contributed by atoms with van der Waals surface area (Å²) in [5.74, 6) is 0. The van der Waals surface area contributed by atoms with Gasteiger partial charge in [0.1, 0.15) is 0 Å². The van der Waals surface area contributed by atoms with Crippen molar-refractivity contribution in [3.05, 3.63) is 51.9 Å². The summed E-state index contributed by atoms with van der Waals surface area (Å²) >= 11 is 2.36. The molecule has 1 nitrogen and oxygen atoms in total. The Hall–Kier alpha value is -0.900. The van der Waals surface area contributed by atoms with Crippen LogP contribution in [0.4, 0.5) is 0 Å². The third-order valence-corrected chi connectivity index (χ3v) is 3.05. The van der Waals surface area contributed by atoms with Gasteiger partial charge in [-0.1, -0.05) is 17.7 Å². The highest BCUT2D eigenvalue weighted by molar-refractivity contribution is 14.1. The minimum absolute atomic E-state index is 1.23. The average Bonchev–Trinajstić information content (AvgIpc) is 2.23. The highest BCUT2D eigenvalue weighted by Crippen LogP contribution is 2.25. The van der Waals surface area contributed by atoms with Gasteiger partial charge in [-0.3, -0.25) is 4.98 Å². The molecule has 0 aliphatic heterocycles. The molecular weight excluding hydrogens is 285 g/mol. The summed E-state index contributed by atoms with van der Waals surface area (Å²) in [4.78, 5) is 4.02. The lowest BCUT2D eigenvalue weighted by molar-refractivity contribution is 1.32. The number of aryl methyl sites for hydroxylation is 1. The summed E-state index contributed by atoms with van der Waals surface area (Å²) in [6.07, 6.45) is 3.65. The molecule has 0 amide bonds. The molecule has 0 radical (unpaired) electrons. The Labute approximate surface area is 97.3 Å². The molecule has 0 saturated carbocycles. The number of benzene rings is 1. The number of halogens is 1. The van der Waals surface area contributed by atoms with Gasteiger partial charge >= 0.3 is 0 Å². The molecule has 2 aromatic rings. The van der Waals surface area contributed by atoms with E-state index < -0.39 is 0 Å². The molecule has 1 aromatic heterocycles. The summed E-state index contributed by atoms with van der Waals surface area (Å²) < 4.78 is 1.28. The first-order chi connectivity index (χ1) is 6.77. The second-order valence-electron chi connectivity index (χ2n) is 3.22. The van der Waals surface area contributed by atoms with Crippen LogP contribution in [0.1, 0.15) is 5.56 Å². The largest absolute Gasteiger partial charge is 0.265 e. The van der Waals surface area contributed by atoms with E-state index >= 15 is 0 Å². The SMILES string of the molecule is Cc1ccc(I)c(-c2ccncc2)c1. The van der Waals surface area contributed by atoms with Gasteiger partial charge in [-0.2, -0.15) is 0 Å². The Bertz CT molecular complexity index is 437. The van der Waals surface area contributed by atoms with Gasteiger partial charge in [-0.05, 0) is 58.8 Å². The standard InChI is InChI=1S/C12H10IN/c1-9-2-3-12(13)11(8-9)10-4-6-14-7-5-10/h2-8H,1H3. The average molecular weight is 295 g/mol. The van der Waals surface area contributed by atoms with Gasteiger partial charge in [0.25, 0.3) is 0 Å². The summed E-state index contributed by atoms with van der Waals surface area (Å²) in [6, 6.07) is 10.6. The smallest absolute Gasteiger partial charge is 0.0273 e. The van der Waals surface area contributed by atoms with Gasteiger partial charge in [-0.25, -0.2) is 0 Å². The molecule has 14 heavy (non-hydrogen) atoms. The van der Waals surface area contributed by atoms with E-state index in [9.17, 15) is 0 Å². The quantitative estimate of drug-likeness (QED) is 0.732. The number of aromatic nitrogens is 1. The van der Waals surface area contributed by atoms with Crippen LogP contribution in [0.5, 0.6) is 0 Å². The fraction of sp³-hybridized carbons (Fsp3) is 0.0833. The molecule has 0 saturated heterocycles. The van der Waals surface area contributed by atoms with Gasteiger partial charge in [0.15, 0.2) is 0 Å². The van der Waals surface area contributed by atoms with Crippen molar-refractivity contribution in [2.24, 2.45) is 0 Å². The lowest BCUT2D eigenvalue weighted by Gasteiger charge is -2.05. The molecule has 1 aromatic carbocycles. The molecule has 0 N–H and O–H groups in total. The van der Waals surface area contributed by atoms with Crippen LogP contribution in [-0.2, 0) is 0 Å². The van der Waals surface area contributed by atoms with Crippen molar-refractivity contribution in [2.75, 3.05) is 0 Å². The Morgan fingerprint density at radius 3 is 2.50 bits per heavy atom. The molecule has 0 aliphatic rings. The molecule has 0 unspecified atom stereocenters. The van der Waals surface area contributed by atoms with Crippen molar-refractivity contribution in [2.45, 2.75) is 6.92 Å². The maximum atomic E-state index is 4.02. The molecule has 1 heterocycles. The fourth-order valence-corrected chi connectivity index (χ4v) is 2.04. The predicted octanol–water partition coefficient (Wildman–Crippen LogP) is 3.66. The Balaban J connectivity index is 2.57. The van der Waals surface area contributed by atoms with Crippen molar-refractivity contribution >= 4 is 22.6 Å². The molecule has 0 fully saturated rings. The first-order valence-corrected chi connectivity index (χ1v) is 5.52. The van der Waals surface area contributed by atoms with E-state index in [1.807, 2.05) is 24.5 Å². The molecular formula is C12H10IN. The number of rotatable bonds is 1. The van der Waals surface area contributed by atoms with Gasteiger partial charge < -0.3 is 0 Å². The van der Waals surface area contributed by atoms with Crippen LogP contribution in [0, 0.1) is 10.5 Å². The maximum absolute atomic E-state index is 4.02. The lowest BCUT2D eigenvalue weighted by atomic mass is 10.1. The van der Waals surface area contributed by atoms with Crippen LogP contribution in [0.2, 0.25) is 0 Å². The monoisotopic (exact) mass is 295 g/mol. The molecule has 0 spiro atoms. The second kappa shape index (κ2) is 4.09. The molecule has 70 valence electrons.